The first kappa shape index (κ1) is 21.1. The Morgan fingerprint density at radius 1 is 1.24 bits per heavy atom. The molecule has 2 heterocycles. The van der Waals surface area contributed by atoms with Gasteiger partial charge in [-0.25, -0.2) is 0 Å². The Hall–Kier alpha value is -2.58. The number of amides is 2. The summed E-state index contributed by atoms with van der Waals surface area (Å²) in [5, 5.41) is 7.11. The summed E-state index contributed by atoms with van der Waals surface area (Å²) in [5.41, 5.74) is 0.900. The third kappa shape index (κ3) is 5.71. The fourth-order valence-electron chi connectivity index (χ4n) is 3.14. The van der Waals surface area contributed by atoms with Crippen molar-refractivity contribution in [2.24, 2.45) is 0 Å². The van der Waals surface area contributed by atoms with Gasteiger partial charge in [-0.3, -0.25) is 14.5 Å². The van der Waals surface area contributed by atoms with E-state index in [1.54, 1.807) is 36.9 Å². The molecule has 156 valence electrons. The number of anilines is 1. The van der Waals surface area contributed by atoms with E-state index in [1.807, 2.05) is 17.9 Å². The van der Waals surface area contributed by atoms with Crippen LogP contribution in [0.1, 0.15) is 18.2 Å². The molecule has 8 nitrogen and oxygen atoms in total. The summed E-state index contributed by atoms with van der Waals surface area (Å²) >= 11 is 6.03. The van der Waals surface area contributed by atoms with Crippen LogP contribution in [0.25, 0.3) is 0 Å². The van der Waals surface area contributed by atoms with E-state index in [9.17, 15) is 9.59 Å². The summed E-state index contributed by atoms with van der Waals surface area (Å²) in [7, 11) is 0. The number of aromatic nitrogens is 1. The summed E-state index contributed by atoms with van der Waals surface area (Å²) in [6.07, 6.45) is -0.596. The fraction of sp³-hybridized carbons (Fsp3) is 0.450. The highest BCUT2D eigenvalue weighted by Gasteiger charge is 2.27. The van der Waals surface area contributed by atoms with E-state index in [2.05, 4.69) is 10.5 Å². The van der Waals surface area contributed by atoms with Gasteiger partial charge in [0.25, 0.3) is 5.91 Å². The summed E-state index contributed by atoms with van der Waals surface area (Å²) in [6.45, 7) is 7.95. The lowest BCUT2D eigenvalue weighted by Crippen LogP contribution is -2.53. The predicted molar refractivity (Wildman–Crippen MR) is 109 cm³/mol. The number of ether oxygens (including phenoxy) is 1. The first-order valence-corrected chi connectivity index (χ1v) is 9.87. The lowest BCUT2D eigenvalue weighted by atomic mass is 10.2. The molecule has 1 N–H and O–H groups in total. The zero-order valence-electron chi connectivity index (χ0n) is 16.8. The number of hydrogen-bond donors (Lipinski definition) is 1. The van der Waals surface area contributed by atoms with Gasteiger partial charge in [-0.2, -0.15) is 0 Å². The Labute approximate surface area is 174 Å². The summed E-state index contributed by atoms with van der Waals surface area (Å²) in [6, 6.07) is 7.00. The molecule has 0 spiro atoms. The minimum Gasteiger partial charge on any atom is -0.481 e. The Kier molecular flexibility index (Phi) is 6.76. The van der Waals surface area contributed by atoms with Crippen LogP contribution in [0.5, 0.6) is 5.75 Å². The number of nitrogens with one attached hydrogen (secondary N) is 1. The first-order valence-electron chi connectivity index (χ1n) is 9.49. The minimum absolute atomic E-state index is 0.0697. The van der Waals surface area contributed by atoms with Crippen molar-refractivity contribution >= 4 is 29.2 Å². The third-order valence-corrected chi connectivity index (χ3v) is 5.16. The lowest BCUT2D eigenvalue weighted by molar-refractivity contribution is -0.139. The van der Waals surface area contributed by atoms with E-state index >= 15 is 0 Å². The quantitative estimate of drug-likeness (QED) is 0.772. The van der Waals surface area contributed by atoms with Crippen molar-refractivity contribution in [2.75, 3.05) is 38.0 Å². The van der Waals surface area contributed by atoms with Gasteiger partial charge in [-0.15, -0.1) is 0 Å². The number of aryl methyl sites for hydroxylation is 2. The van der Waals surface area contributed by atoms with Crippen molar-refractivity contribution in [1.29, 1.82) is 0 Å². The van der Waals surface area contributed by atoms with Gasteiger partial charge in [0.15, 0.2) is 11.9 Å². The van der Waals surface area contributed by atoms with Crippen LogP contribution in [-0.4, -0.2) is 65.6 Å². The van der Waals surface area contributed by atoms with Gasteiger partial charge in [0, 0.05) is 37.3 Å². The molecule has 1 aliphatic heterocycles. The fourth-order valence-corrected chi connectivity index (χ4v) is 3.26. The molecule has 1 atom stereocenters. The normalized spacial score (nSPS) is 15.8. The highest BCUT2D eigenvalue weighted by atomic mass is 35.5. The van der Waals surface area contributed by atoms with E-state index in [4.69, 9.17) is 20.9 Å². The third-order valence-electron chi connectivity index (χ3n) is 4.74. The molecular formula is C20H25ClN4O4. The van der Waals surface area contributed by atoms with Gasteiger partial charge in [0.1, 0.15) is 11.5 Å². The molecule has 1 aliphatic rings. The number of hydrogen-bond acceptors (Lipinski definition) is 6. The zero-order valence-corrected chi connectivity index (χ0v) is 17.5. The number of piperazine rings is 1. The van der Waals surface area contributed by atoms with E-state index in [1.165, 1.54) is 0 Å². The van der Waals surface area contributed by atoms with Crippen molar-refractivity contribution in [3.05, 3.63) is 40.6 Å². The van der Waals surface area contributed by atoms with E-state index in [0.29, 0.717) is 48.5 Å². The maximum absolute atomic E-state index is 12.7. The van der Waals surface area contributed by atoms with Crippen molar-refractivity contribution in [3.63, 3.8) is 0 Å². The molecule has 1 unspecified atom stereocenters. The molecule has 1 aromatic carbocycles. The molecule has 0 radical (unpaired) electrons. The molecule has 1 saturated heterocycles. The molecule has 3 rings (SSSR count). The van der Waals surface area contributed by atoms with Crippen molar-refractivity contribution < 1.29 is 18.8 Å². The molecule has 2 amide bonds. The van der Waals surface area contributed by atoms with Gasteiger partial charge in [0.2, 0.25) is 5.91 Å². The Morgan fingerprint density at radius 3 is 2.59 bits per heavy atom. The zero-order chi connectivity index (χ0) is 21.0. The molecule has 0 saturated carbocycles. The van der Waals surface area contributed by atoms with Crippen LogP contribution in [0.2, 0.25) is 5.02 Å². The minimum atomic E-state index is -0.596. The van der Waals surface area contributed by atoms with Crippen molar-refractivity contribution in [2.45, 2.75) is 26.9 Å². The van der Waals surface area contributed by atoms with Crippen LogP contribution in [-0.2, 0) is 9.59 Å². The van der Waals surface area contributed by atoms with Crippen LogP contribution < -0.4 is 10.1 Å². The van der Waals surface area contributed by atoms with E-state index in [-0.39, 0.29) is 18.4 Å². The standard InChI is InChI=1S/C20H25ClN4O4/c1-13-10-16(4-5-17(13)21)28-15(3)20(27)25-8-6-24(7-9-25)12-19(26)22-18-11-14(2)29-23-18/h4-5,10-11,15H,6-9,12H2,1-3H3,(H,22,23,26). The molecule has 1 fully saturated rings. The molecule has 9 heteroatoms. The lowest BCUT2D eigenvalue weighted by Gasteiger charge is -2.35. The molecule has 0 bridgehead atoms. The largest absolute Gasteiger partial charge is 0.481 e. The number of nitrogens with zero attached hydrogens (tertiary/aromatic N) is 3. The number of carbonyl (C=O) groups excluding carboxylic acids is 2. The number of rotatable bonds is 6. The number of halogens is 1. The first-order chi connectivity index (χ1) is 13.8. The van der Waals surface area contributed by atoms with Gasteiger partial charge in [0.05, 0.1) is 6.54 Å². The Morgan fingerprint density at radius 2 is 1.97 bits per heavy atom. The molecule has 2 aromatic rings. The van der Waals surface area contributed by atoms with E-state index < -0.39 is 6.10 Å². The monoisotopic (exact) mass is 420 g/mol. The van der Waals surface area contributed by atoms with Crippen LogP contribution in [0.15, 0.2) is 28.8 Å². The predicted octanol–water partition coefficient (Wildman–Crippen LogP) is 2.50. The summed E-state index contributed by atoms with van der Waals surface area (Å²) in [5.74, 6) is 1.43. The molecule has 0 aliphatic carbocycles. The average molecular weight is 421 g/mol. The van der Waals surface area contributed by atoms with Crippen LogP contribution in [0.3, 0.4) is 0 Å². The summed E-state index contributed by atoms with van der Waals surface area (Å²) < 4.78 is 10.7. The van der Waals surface area contributed by atoms with Crippen molar-refractivity contribution in [1.82, 2.24) is 15.0 Å². The van der Waals surface area contributed by atoms with Crippen LogP contribution in [0, 0.1) is 13.8 Å². The second-order valence-electron chi connectivity index (χ2n) is 7.14. The van der Waals surface area contributed by atoms with Gasteiger partial charge in [-0.05, 0) is 44.5 Å². The maximum atomic E-state index is 12.7. The molecule has 1 aromatic heterocycles. The highest BCUT2D eigenvalue weighted by Crippen LogP contribution is 2.22. The second-order valence-corrected chi connectivity index (χ2v) is 7.55. The molecule has 29 heavy (non-hydrogen) atoms. The van der Waals surface area contributed by atoms with E-state index in [0.717, 1.165) is 5.56 Å². The number of carbonyl (C=O) groups is 2. The molecular weight excluding hydrogens is 396 g/mol. The second kappa shape index (κ2) is 9.28. The van der Waals surface area contributed by atoms with Crippen LogP contribution >= 0.6 is 11.6 Å². The van der Waals surface area contributed by atoms with Gasteiger partial charge >= 0.3 is 0 Å². The van der Waals surface area contributed by atoms with Crippen LogP contribution in [0.4, 0.5) is 5.82 Å². The highest BCUT2D eigenvalue weighted by molar-refractivity contribution is 6.31. The summed E-state index contributed by atoms with van der Waals surface area (Å²) in [4.78, 5) is 28.6. The topological polar surface area (TPSA) is 87.9 Å². The average Bonchev–Trinajstić information content (AvgIpc) is 3.09. The van der Waals surface area contributed by atoms with Crippen molar-refractivity contribution in [3.8, 4) is 5.75 Å². The number of benzene rings is 1. The van der Waals surface area contributed by atoms with Gasteiger partial charge in [-0.1, -0.05) is 16.8 Å². The Bertz CT molecular complexity index is 877. The smallest absolute Gasteiger partial charge is 0.263 e. The maximum Gasteiger partial charge on any atom is 0.263 e. The van der Waals surface area contributed by atoms with Gasteiger partial charge < -0.3 is 19.5 Å². The Balaban J connectivity index is 1.44. The SMILES string of the molecule is Cc1cc(NC(=O)CN2CCN(C(=O)C(C)Oc3ccc(Cl)c(C)c3)CC2)no1.